The number of hydrogen-bond acceptors (Lipinski definition) is 6. The Balaban J connectivity index is 1.69. The van der Waals surface area contributed by atoms with Gasteiger partial charge in [-0.15, -0.1) is 0 Å². The highest BCUT2D eigenvalue weighted by molar-refractivity contribution is 5.68. The maximum atomic E-state index is 12.4. The molecule has 2 heterocycles. The highest BCUT2D eigenvalue weighted by atomic mass is 16.6. The van der Waals surface area contributed by atoms with Crippen molar-refractivity contribution in [3.63, 3.8) is 0 Å². The lowest BCUT2D eigenvalue weighted by Crippen LogP contribution is -2.56. The molecule has 1 spiro atoms. The SMILES string of the molecule is CCCC(CO)NC(=O)OC1CCC2(CO2)C(C2(C)OC2CC=C(C)C)C1OC. The zero-order valence-corrected chi connectivity index (χ0v) is 18.4. The minimum Gasteiger partial charge on any atom is -0.443 e. The van der Waals surface area contributed by atoms with Crippen molar-refractivity contribution in [2.75, 3.05) is 20.3 Å². The molecule has 2 saturated heterocycles. The first-order valence-electron chi connectivity index (χ1n) is 10.9. The topological polar surface area (TPSA) is 92.9 Å². The number of alkyl carbamates (subject to hydrolysis) is 1. The number of methoxy groups -OCH3 is 1. The van der Waals surface area contributed by atoms with E-state index in [0.717, 1.165) is 19.3 Å². The fraction of sp³-hybridized carbons (Fsp3) is 0.864. The Hall–Kier alpha value is -1.15. The normalized spacial score (nSPS) is 39.0. The number of allylic oxidation sites excluding steroid dienone is 1. The van der Waals surface area contributed by atoms with Gasteiger partial charge >= 0.3 is 6.09 Å². The molecule has 3 rings (SSSR count). The number of nitrogens with one attached hydrogen (secondary N) is 1. The maximum Gasteiger partial charge on any atom is 0.407 e. The average Bonchev–Trinajstić information content (AvgIpc) is 3.58. The lowest BCUT2D eigenvalue weighted by atomic mass is 9.68. The van der Waals surface area contributed by atoms with E-state index in [0.29, 0.717) is 19.4 Å². The van der Waals surface area contributed by atoms with E-state index in [1.54, 1.807) is 7.11 Å². The molecular weight excluding hydrogens is 374 g/mol. The second-order valence-corrected chi connectivity index (χ2v) is 9.13. The van der Waals surface area contributed by atoms with Crippen molar-refractivity contribution in [3.8, 4) is 0 Å². The molecule has 0 radical (unpaired) electrons. The van der Waals surface area contributed by atoms with Crippen molar-refractivity contribution in [3.05, 3.63) is 11.6 Å². The van der Waals surface area contributed by atoms with Crippen LogP contribution >= 0.6 is 0 Å². The molecule has 0 aromatic heterocycles. The van der Waals surface area contributed by atoms with E-state index in [-0.39, 0.29) is 48.1 Å². The summed E-state index contributed by atoms with van der Waals surface area (Å²) in [6.07, 6.45) is 5.12. The van der Waals surface area contributed by atoms with Crippen LogP contribution in [0.15, 0.2) is 11.6 Å². The molecule has 0 aromatic rings. The van der Waals surface area contributed by atoms with Crippen molar-refractivity contribution in [1.29, 1.82) is 0 Å². The van der Waals surface area contributed by atoms with Crippen LogP contribution < -0.4 is 5.32 Å². The molecule has 2 aliphatic heterocycles. The van der Waals surface area contributed by atoms with Crippen molar-refractivity contribution in [1.82, 2.24) is 5.32 Å². The molecule has 0 aromatic carbocycles. The number of carbonyl (C=O) groups excluding carboxylic acids is 1. The van der Waals surface area contributed by atoms with Gasteiger partial charge in [0.2, 0.25) is 0 Å². The lowest BCUT2D eigenvalue weighted by Gasteiger charge is -2.42. The molecule has 7 heteroatoms. The van der Waals surface area contributed by atoms with Crippen LogP contribution in [0.4, 0.5) is 4.79 Å². The third-order valence-electron chi connectivity index (χ3n) is 6.67. The van der Waals surface area contributed by atoms with E-state index in [1.807, 2.05) is 6.92 Å². The molecular formula is C22H37NO6. The Kier molecular flexibility index (Phi) is 6.93. The van der Waals surface area contributed by atoms with Gasteiger partial charge in [-0.1, -0.05) is 25.0 Å². The Bertz CT molecular complexity index is 614. The largest absolute Gasteiger partial charge is 0.443 e. The molecule has 0 bridgehead atoms. The fourth-order valence-electron chi connectivity index (χ4n) is 4.97. The predicted octanol–water partition coefficient (Wildman–Crippen LogP) is 2.95. The first-order valence-corrected chi connectivity index (χ1v) is 10.9. The van der Waals surface area contributed by atoms with E-state index in [2.05, 4.69) is 32.2 Å². The average molecular weight is 412 g/mol. The Morgan fingerprint density at radius 2 is 2.14 bits per heavy atom. The number of ether oxygens (including phenoxy) is 4. The van der Waals surface area contributed by atoms with Crippen LogP contribution in [0.2, 0.25) is 0 Å². The quantitative estimate of drug-likeness (QED) is 0.448. The number of amides is 1. The van der Waals surface area contributed by atoms with Gasteiger partial charge in [-0.3, -0.25) is 0 Å². The summed E-state index contributed by atoms with van der Waals surface area (Å²) in [6.45, 7) is 8.92. The smallest absolute Gasteiger partial charge is 0.407 e. The van der Waals surface area contributed by atoms with Gasteiger partial charge in [0.05, 0.1) is 31.3 Å². The van der Waals surface area contributed by atoms with Gasteiger partial charge in [0.1, 0.15) is 23.4 Å². The van der Waals surface area contributed by atoms with Gasteiger partial charge in [0.15, 0.2) is 0 Å². The minimum absolute atomic E-state index is 0.00592. The van der Waals surface area contributed by atoms with E-state index in [9.17, 15) is 9.90 Å². The number of aliphatic hydroxyl groups is 1. The standard InChI is InChI=1S/C22H37NO6/c1-6-7-15(12-24)23-20(25)28-16-10-11-22(13-27-22)19(18(16)26-5)21(4)17(29-21)9-8-14(2)3/h8,15-19,24H,6-7,9-13H2,1-5H3,(H,23,25). The summed E-state index contributed by atoms with van der Waals surface area (Å²) in [5.41, 5.74) is 0.689. The van der Waals surface area contributed by atoms with Gasteiger partial charge < -0.3 is 29.4 Å². The number of hydrogen-bond donors (Lipinski definition) is 2. The summed E-state index contributed by atoms with van der Waals surface area (Å²) >= 11 is 0. The van der Waals surface area contributed by atoms with Crippen LogP contribution in [-0.2, 0) is 18.9 Å². The predicted molar refractivity (Wildman–Crippen MR) is 109 cm³/mol. The van der Waals surface area contributed by atoms with E-state index >= 15 is 0 Å². The molecule has 3 aliphatic rings. The van der Waals surface area contributed by atoms with Crippen molar-refractivity contribution >= 4 is 6.09 Å². The number of rotatable bonds is 9. The summed E-state index contributed by atoms with van der Waals surface area (Å²) in [5.74, 6) is 0.00592. The highest BCUT2D eigenvalue weighted by Gasteiger charge is 2.72. The lowest BCUT2D eigenvalue weighted by molar-refractivity contribution is -0.118. The van der Waals surface area contributed by atoms with E-state index in [1.165, 1.54) is 5.57 Å². The molecule has 1 saturated carbocycles. The van der Waals surface area contributed by atoms with Gasteiger partial charge in [-0.05, 0) is 46.5 Å². The van der Waals surface area contributed by atoms with Crippen LogP contribution in [0.5, 0.6) is 0 Å². The van der Waals surface area contributed by atoms with Crippen LogP contribution in [0.1, 0.15) is 59.8 Å². The second-order valence-electron chi connectivity index (χ2n) is 9.13. The monoisotopic (exact) mass is 411 g/mol. The van der Waals surface area contributed by atoms with E-state index < -0.39 is 6.09 Å². The summed E-state index contributed by atoms with van der Waals surface area (Å²) in [5, 5.41) is 12.2. The molecule has 7 unspecified atom stereocenters. The Labute approximate surface area is 174 Å². The van der Waals surface area contributed by atoms with Crippen molar-refractivity contribution in [2.45, 2.75) is 95.4 Å². The Morgan fingerprint density at radius 3 is 2.69 bits per heavy atom. The first kappa shape index (κ1) is 22.5. The van der Waals surface area contributed by atoms with Crippen LogP contribution in [0, 0.1) is 5.92 Å². The molecule has 166 valence electrons. The van der Waals surface area contributed by atoms with Gasteiger partial charge in [-0.25, -0.2) is 4.79 Å². The number of aliphatic hydroxyl groups excluding tert-OH is 1. The molecule has 1 amide bonds. The first-order chi connectivity index (χ1) is 13.8. The van der Waals surface area contributed by atoms with Gasteiger partial charge in [-0.2, -0.15) is 0 Å². The van der Waals surface area contributed by atoms with Gasteiger partial charge in [0, 0.05) is 7.11 Å². The van der Waals surface area contributed by atoms with Crippen LogP contribution in [0.25, 0.3) is 0 Å². The Morgan fingerprint density at radius 1 is 1.41 bits per heavy atom. The molecule has 29 heavy (non-hydrogen) atoms. The van der Waals surface area contributed by atoms with Crippen LogP contribution in [-0.4, -0.2) is 67.1 Å². The second kappa shape index (κ2) is 8.92. The fourth-order valence-corrected chi connectivity index (χ4v) is 4.97. The van der Waals surface area contributed by atoms with Crippen molar-refractivity contribution < 1.29 is 28.8 Å². The summed E-state index contributed by atoms with van der Waals surface area (Å²) in [7, 11) is 1.66. The molecule has 2 N–H and O–H groups in total. The zero-order valence-electron chi connectivity index (χ0n) is 18.4. The van der Waals surface area contributed by atoms with Crippen molar-refractivity contribution in [2.24, 2.45) is 5.92 Å². The summed E-state index contributed by atoms with van der Waals surface area (Å²) in [4.78, 5) is 12.4. The highest BCUT2D eigenvalue weighted by Crippen LogP contribution is 2.59. The number of carbonyl (C=O) groups is 1. The molecule has 1 aliphatic carbocycles. The molecule has 3 fully saturated rings. The third-order valence-corrected chi connectivity index (χ3v) is 6.67. The number of epoxide rings is 2. The van der Waals surface area contributed by atoms with Gasteiger partial charge in [0.25, 0.3) is 0 Å². The third kappa shape index (κ3) is 4.79. The van der Waals surface area contributed by atoms with Crippen LogP contribution in [0.3, 0.4) is 0 Å². The molecule has 7 atom stereocenters. The summed E-state index contributed by atoms with van der Waals surface area (Å²) in [6, 6.07) is -0.288. The molecule has 7 nitrogen and oxygen atoms in total. The summed E-state index contributed by atoms with van der Waals surface area (Å²) < 4.78 is 23.8. The minimum atomic E-state index is -0.501. The van der Waals surface area contributed by atoms with E-state index in [4.69, 9.17) is 18.9 Å². The zero-order chi connectivity index (χ0) is 21.2. The maximum absolute atomic E-state index is 12.4.